The minimum atomic E-state index is 0.0980. The summed E-state index contributed by atoms with van der Waals surface area (Å²) in [6, 6.07) is 0. The maximum absolute atomic E-state index is 6.17. The maximum Gasteiger partial charge on any atom is 0.121 e. The molecule has 0 N–H and O–H groups in total. The van der Waals surface area contributed by atoms with Gasteiger partial charge >= 0.3 is 0 Å². The molecule has 1 saturated heterocycles. The molecule has 0 amide bonds. The van der Waals surface area contributed by atoms with Gasteiger partial charge in [-0.3, -0.25) is 4.90 Å². The van der Waals surface area contributed by atoms with E-state index in [0.717, 1.165) is 19.6 Å². The molecule has 0 aromatic rings. The Hall–Kier alpha value is -0.0800. The molecular weight excluding hydrogens is 186 g/mol. The number of unbranched alkanes of at least 4 members (excludes halogenated alkanes) is 1. The van der Waals surface area contributed by atoms with Crippen LogP contribution >= 0.6 is 0 Å². The molecule has 1 rings (SSSR count). The molecular formula is C13H27NO. The number of ether oxygens (including phenoxy) is 1. The molecule has 1 aliphatic heterocycles. The Morgan fingerprint density at radius 2 is 2.00 bits per heavy atom. The lowest BCUT2D eigenvalue weighted by atomic mass is 10.0. The molecule has 0 aromatic carbocycles. The van der Waals surface area contributed by atoms with E-state index >= 15 is 0 Å². The number of hydrogen-bond donors (Lipinski definition) is 0. The zero-order valence-corrected chi connectivity index (χ0v) is 10.7. The fourth-order valence-electron chi connectivity index (χ4n) is 2.62. The third-order valence-electron chi connectivity index (χ3n) is 3.45. The van der Waals surface area contributed by atoms with Crippen LogP contribution in [0.2, 0.25) is 0 Å². The summed E-state index contributed by atoms with van der Waals surface area (Å²) >= 11 is 0. The average molecular weight is 213 g/mol. The van der Waals surface area contributed by atoms with Gasteiger partial charge in [0.05, 0.1) is 0 Å². The molecule has 15 heavy (non-hydrogen) atoms. The van der Waals surface area contributed by atoms with Crippen LogP contribution in [0.25, 0.3) is 0 Å². The van der Waals surface area contributed by atoms with Crippen LogP contribution in [0.3, 0.4) is 0 Å². The first kappa shape index (κ1) is 13.0. The molecule has 1 atom stereocenters. The lowest BCUT2D eigenvalue weighted by Gasteiger charge is -2.38. The number of nitrogens with zero attached hydrogens (tertiary/aromatic N) is 1. The molecule has 2 nitrogen and oxygen atoms in total. The van der Waals surface area contributed by atoms with Crippen LogP contribution in [0.4, 0.5) is 0 Å². The summed E-state index contributed by atoms with van der Waals surface area (Å²) in [5.74, 6) is 0. The summed E-state index contributed by atoms with van der Waals surface area (Å²) in [4.78, 5) is 2.54. The highest BCUT2D eigenvalue weighted by molar-refractivity contribution is 4.87. The molecule has 90 valence electrons. The van der Waals surface area contributed by atoms with Gasteiger partial charge in [-0.1, -0.05) is 27.2 Å². The van der Waals surface area contributed by atoms with Crippen LogP contribution in [0, 0.1) is 0 Å². The Morgan fingerprint density at radius 3 is 2.60 bits per heavy atom. The molecule has 1 aliphatic rings. The molecule has 0 saturated carbocycles. The highest BCUT2D eigenvalue weighted by Crippen LogP contribution is 2.35. The van der Waals surface area contributed by atoms with Crippen LogP contribution in [0.5, 0.6) is 0 Å². The SMILES string of the molecule is CCCCC1(OCCC)CCCN1CC. The standard InChI is InChI=1S/C13H27NO/c1-4-7-9-13(15-12-5-2)10-8-11-14(13)6-3/h4-12H2,1-3H3. The molecule has 2 heteroatoms. The van der Waals surface area contributed by atoms with Crippen LogP contribution < -0.4 is 0 Å². The predicted octanol–water partition coefficient (Wildman–Crippen LogP) is 3.42. The van der Waals surface area contributed by atoms with Gasteiger partial charge in [-0.2, -0.15) is 0 Å². The molecule has 1 unspecified atom stereocenters. The topological polar surface area (TPSA) is 12.5 Å². The number of hydrogen-bond acceptors (Lipinski definition) is 2. The second kappa shape index (κ2) is 6.49. The Balaban J connectivity index is 2.56. The van der Waals surface area contributed by atoms with Crippen molar-refractivity contribution in [2.45, 2.75) is 65.0 Å². The predicted molar refractivity (Wildman–Crippen MR) is 65.0 cm³/mol. The van der Waals surface area contributed by atoms with Gasteiger partial charge in [-0.05, 0) is 38.6 Å². The third kappa shape index (κ3) is 3.18. The molecule has 0 spiro atoms. The zero-order valence-electron chi connectivity index (χ0n) is 10.7. The van der Waals surface area contributed by atoms with Crippen LogP contribution in [0.15, 0.2) is 0 Å². The zero-order chi connectivity index (χ0) is 11.1. The van der Waals surface area contributed by atoms with E-state index in [0.29, 0.717) is 0 Å². The Kier molecular flexibility index (Phi) is 5.62. The number of likely N-dealkylation sites (tertiary alicyclic amines) is 1. The monoisotopic (exact) mass is 213 g/mol. The van der Waals surface area contributed by atoms with Gasteiger partial charge in [-0.15, -0.1) is 0 Å². The summed E-state index contributed by atoms with van der Waals surface area (Å²) in [6.07, 6.45) is 7.46. The highest BCUT2D eigenvalue weighted by Gasteiger charge is 2.39. The fourth-order valence-corrected chi connectivity index (χ4v) is 2.62. The lowest BCUT2D eigenvalue weighted by Crippen LogP contribution is -2.46. The summed E-state index contributed by atoms with van der Waals surface area (Å²) < 4.78 is 6.17. The van der Waals surface area contributed by atoms with E-state index in [1.165, 1.54) is 38.6 Å². The van der Waals surface area contributed by atoms with E-state index in [1.807, 2.05) is 0 Å². The Morgan fingerprint density at radius 1 is 1.20 bits per heavy atom. The van der Waals surface area contributed by atoms with Crippen molar-refractivity contribution in [2.75, 3.05) is 19.7 Å². The van der Waals surface area contributed by atoms with Gasteiger partial charge in [0.2, 0.25) is 0 Å². The fraction of sp³-hybridized carbons (Fsp3) is 1.00. The van der Waals surface area contributed by atoms with E-state index in [9.17, 15) is 0 Å². The molecule has 0 bridgehead atoms. The summed E-state index contributed by atoms with van der Waals surface area (Å²) in [7, 11) is 0. The van der Waals surface area contributed by atoms with Crippen molar-refractivity contribution in [3.05, 3.63) is 0 Å². The molecule has 1 heterocycles. The minimum absolute atomic E-state index is 0.0980. The number of rotatable bonds is 7. The largest absolute Gasteiger partial charge is 0.360 e. The van der Waals surface area contributed by atoms with Crippen molar-refractivity contribution in [3.8, 4) is 0 Å². The van der Waals surface area contributed by atoms with Crippen molar-refractivity contribution in [3.63, 3.8) is 0 Å². The normalized spacial score (nSPS) is 27.4. The van der Waals surface area contributed by atoms with Crippen molar-refractivity contribution in [2.24, 2.45) is 0 Å². The van der Waals surface area contributed by atoms with Crippen molar-refractivity contribution < 1.29 is 4.74 Å². The van der Waals surface area contributed by atoms with Crippen molar-refractivity contribution in [1.82, 2.24) is 4.90 Å². The summed E-state index contributed by atoms with van der Waals surface area (Å²) in [6.45, 7) is 9.98. The van der Waals surface area contributed by atoms with Crippen molar-refractivity contribution >= 4 is 0 Å². The summed E-state index contributed by atoms with van der Waals surface area (Å²) in [5.41, 5.74) is 0.0980. The van der Waals surface area contributed by atoms with Gasteiger partial charge in [0, 0.05) is 13.2 Å². The van der Waals surface area contributed by atoms with Gasteiger partial charge in [0.25, 0.3) is 0 Å². The smallest absolute Gasteiger partial charge is 0.121 e. The Labute approximate surface area is 95.0 Å². The van der Waals surface area contributed by atoms with Gasteiger partial charge < -0.3 is 4.74 Å². The van der Waals surface area contributed by atoms with Crippen molar-refractivity contribution in [1.29, 1.82) is 0 Å². The third-order valence-corrected chi connectivity index (χ3v) is 3.45. The Bertz CT molecular complexity index is 162. The van der Waals surface area contributed by atoms with E-state index in [1.54, 1.807) is 0 Å². The maximum atomic E-state index is 6.17. The van der Waals surface area contributed by atoms with E-state index in [2.05, 4.69) is 25.7 Å². The molecule has 1 fully saturated rings. The lowest BCUT2D eigenvalue weighted by molar-refractivity contribution is -0.139. The minimum Gasteiger partial charge on any atom is -0.360 e. The second-order valence-corrected chi connectivity index (χ2v) is 4.58. The van der Waals surface area contributed by atoms with E-state index in [4.69, 9.17) is 4.74 Å². The van der Waals surface area contributed by atoms with Gasteiger partial charge in [-0.25, -0.2) is 0 Å². The summed E-state index contributed by atoms with van der Waals surface area (Å²) in [5, 5.41) is 0. The van der Waals surface area contributed by atoms with E-state index in [-0.39, 0.29) is 5.72 Å². The van der Waals surface area contributed by atoms with Crippen LogP contribution in [-0.2, 0) is 4.74 Å². The molecule has 0 aliphatic carbocycles. The first-order chi connectivity index (χ1) is 7.29. The first-order valence-corrected chi connectivity index (χ1v) is 6.68. The molecule has 0 aromatic heterocycles. The first-order valence-electron chi connectivity index (χ1n) is 6.68. The van der Waals surface area contributed by atoms with Gasteiger partial charge in [0.1, 0.15) is 5.72 Å². The van der Waals surface area contributed by atoms with Gasteiger partial charge in [0.15, 0.2) is 0 Å². The average Bonchev–Trinajstić information content (AvgIpc) is 2.67. The quantitative estimate of drug-likeness (QED) is 0.642. The van der Waals surface area contributed by atoms with Crippen LogP contribution in [-0.4, -0.2) is 30.3 Å². The molecule has 0 radical (unpaired) electrons. The highest BCUT2D eigenvalue weighted by atomic mass is 16.5. The van der Waals surface area contributed by atoms with E-state index < -0.39 is 0 Å². The van der Waals surface area contributed by atoms with Crippen LogP contribution in [0.1, 0.15) is 59.3 Å². The second-order valence-electron chi connectivity index (χ2n) is 4.58.